The summed E-state index contributed by atoms with van der Waals surface area (Å²) in [6, 6.07) is 5.39. The maximum atomic E-state index is 13.1. The predicted molar refractivity (Wildman–Crippen MR) is 108 cm³/mol. The van der Waals surface area contributed by atoms with Gasteiger partial charge < -0.3 is 14.4 Å². The van der Waals surface area contributed by atoms with Crippen LogP contribution in [0.4, 0.5) is 4.39 Å². The molecular formula is C21H29FN2O5S. The summed E-state index contributed by atoms with van der Waals surface area (Å²) in [6.45, 7) is 0.907. The zero-order chi connectivity index (χ0) is 21.3. The van der Waals surface area contributed by atoms with Gasteiger partial charge in [0.2, 0.25) is 15.9 Å². The number of carbonyl (C=O) groups excluding carboxylic acids is 1. The van der Waals surface area contributed by atoms with Crippen molar-refractivity contribution in [3.05, 3.63) is 30.1 Å². The Labute approximate surface area is 177 Å². The van der Waals surface area contributed by atoms with E-state index in [-0.39, 0.29) is 41.7 Å². The molecule has 0 radical (unpaired) electrons. The van der Waals surface area contributed by atoms with Gasteiger partial charge in [0.05, 0.1) is 17.1 Å². The Balaban J connectivity index is 1.30. The summed E-state index contributed by atoms with van der Waals surface area (Å²) >= 11 is 0. The molecule has 1 amide bonds. The molecule has 0 saturated carbocycles. The van der Waals surface area contributed by atoms with Crippen molar-refractivity contribution in [2.45, 2.75) is 67.7 Å². The minimum absolute atomic E-state index is 0.0234. The molecule has 1 aromatic rings. The second kappa shape index (κ2) is 8.90. The van der Waals surface area contributed by atoms with Gasteiger partial charge in [0.25, 0.3) is 0 Å². The lowest BCUT2D eigenvalue weighted by Crippen LogP contribution is -2.50. The lowest BCUT2D eigenvalue weighted by atomic mass is 9.98. The van der Waals surface area contributed by atoms with Gasteiger partial charge in [0, 0.05) is 32.3 Å². The number of halogens is 1. The molecule has 7 nitrogen and oxygen atoms in total. The number of carbonyl (C=O) groups is 1. The molecule has 4 rings (SSSR count). The highest BCUT2D eigenvalue weighted by molar-refractivity contribution is 7.89. The van der Waals surface area contributed by atoms with E-state index >= 15 is 0 Å². The quantitative estimate of drug-likeness (QED) is 0.678. The van der Waals surface area contributed by atoms with Crippen LogP contribution in [0.2, 0.25) is 0 Å². The molecule has 9 heteroatoms. The highest BCUT2D eigenvalue weighted by Crippen LogP contribution is 2.38. The number of hydrogen-bond acceptors (Lipinski definition) is 5. The van der Waals surface area contributed by atoms with E-state index in [1.165, 1.54) is 35.7 Å². The Kier molecular flexibility index (Phi) is 6.43. The molecule has 166 valence electrons. The van der Waals surface area contributed by atoms with Crippen LogP contribution in [0.25, 0.3) is 0 Å². The van der Waals surface area contributed by atoms with Crippen LogP contribution >= 0.6 is 0 Å². The average molecular weight is 441 g/mol. The van der Waals surface area contributed by atoms with Crippen molar-refractivity contribution in [1.29, 1.82) is 0 Å². The summed E-state index contributed by atoms with van der Waals surface area (Å²) < 4.78 is 51.4. The Bertz CT molecular complexity index is 841. The highest BCUT2D eigenvalue weighted by atomic mass is 32.2. The SMILES string of the molecule is COCC(=O)N1C2CCC1CC(OC1CCN(S(=O)(=O)c3ccc(F)cc3)CC1)C2. The van der Waals surface area contributed by atoms with Gasteiger partial charge in [-0.1, -0.05) is 0 Å². The molecule has 3 heterocycles. The number of nitrogens with zero attached hydrogens (tertiary/aromatic N) is 2. The molecule has 0 N–H and O–H groups in total. The predicted octanol–water partition coefficient (Wildman–Crippen LogP) is 2.16. The number of sulfonamides is 1. The largest absolute Gasteiger partial charge is 0.375 e. The maximum absolute atomic E-state index is 13.1. The number of fused-ring (bicyclic) bond motifs is 2. The van der Waals surface area contributed by atoms with Crippen molar-refractivity contribution in [2.24, 2.45) is 0 Å². The van der Waals surface area contributed by atoms with Crippen molar-refractivity contribution < 1.29 is 27.1 Å². The van der Waals surface area contributed by atoms with Crippen molar-refractivity contribution in [3.8, 4) is 0 Å². The van der Waals surface area contributed by atoms with Gasteiger partial charge >= 0.3 is 0 Å². The minimum atomic E-state index is -3.61. The molecule has 0 aliphatic carbocycles. The minimum Gasteiger partial charge on any atom is -0.375 e. The smallest absolute Gasteiger partial charge is 0.249 e. The normalized spacial score (nSPS) is 28.1. The molecule has 1 aromatic carbocycles. The lowest BCUT2D eigenvalue weighted by molar-refractivity contribution is -0.144. The second-order valence-corrected chi connectivity index (χ2v) is 10.3. The first kappa shape index (κ1) is 21.7. The molecule has 3 fully saturated rings. The van der Waals surface area contributed by atoms with Crippen LogP contribution in [0.15, 0.2) is 29.2 Å². The van der Waals surface area contributed by atoms with Crippen molar-refractivity contribution >= 4 is 15.9 Å². The van der Waals surface area contributed by atoms with E-state index in [0.717, 1.165) is 25.7 Å². The van der Waals surface area contributed by atoms with E-state index < -0.39 is 15.8 Å². The first-order valence-corrected chi connectivity index (χ1v) is 12.0. The number of rotatable bonds is 6. The van der Waals surface area contributed by atoms with Crippen molar-refractivity contribution in [2.75, 3.05) is 26.8 Å². The van der Waals surface area contributed by atoms with Crippen LogP contribution < -0.4 is 0 Å². The van der Waals surface area contributed by atoms with Crippen molar-refractivity contribution in [3.63, 3.8) is 0 Å². The molecule has 2 bridgehead atoms. The van der Waals surface area contributed by atoms with Gasteiger partial charge in [0.15, 0.2) is 0 Å². The molecule has 0 spiro atoms. The zero-order valence-corrected chi connectivity index (χ0v) is 18.0. The van der Waals surface area contributed by atoms with Crippen molar-refractivity contribution in [1.82, 2.24) is 9.21 Å². The number of benzene rings is 1. The lowest BCUT2D eigenvalue weighted by Gasteiger charge is -2.41. The molecule has 3 aliphatic rings. The molecule has 3 aliphatic heterocycles. The molecule has 0 aromatic heterocycles. The van der Waals surface area contributed by atoms with E-state index in [1.807, 2.05) is 4.90 Å². The Morgan fingerprint density at radius 1 is 1.03 bits per heavy atom. The first-order chi connectivity index (χ1) is 14.4. The van der Waals surface area contributed by atoms with Crippen LogP contribution in [0.3, 0.4) is 0 Å². The highest BCUT2D eigenvalue weighted by Gasteiger charge is 2.44. The number of methoxy groups -OCH3 is 1. The number of ether oxygens (including phenoxy) is 2. The fourth-order valence-corrected chi connectivity index (χ4v) is 6.55. The second-order valence-electron chi connectivity index (χ2n) is 8.41. The average Bonchev–Trinajstić information content (AvgIpc) is 3.00. The van der Waals surface area contributed by atoms with Gasteiger partial charge in [0.1, 0.15) is 12.4 Å². The van der Waals surface area contributed by atoms with E-state index in [2.05, 4.69) is 0 Å². The monoisotopic (exact) mass is 440 g/mol. The fourth-order valence-electron chi connectivity index (χ4n) is 5.08. The third kappa shape index (κ3) is 4.39. The van der Waals surface area contributed by atoms with Gasteiger partial charge in [-0.05, 0) is 62.8 Å². The van der Waals surface area contributed by atoms with Gasteiger partial charge in [-0.3, -0.25) is 4.79 Å². The zero-order valence-electron chi connectivity index (χ0n) is 17.2. The molecular weight excluding hydrogens is 411 g/mol. The summed E-state index contributed by atoms with van der Waals surface area (Å²) in [5, 5.41) is 0. The van der Waals surface area contributed by atoms with E-state index in [9.17, 15) is 17.6 Å². The Morgan fingerprint density at radius 3 is 2.20 bits per heavy atom. The van der Waals surface area contributed by atoms with Crippen LogP contribution in [-0.2, 0) is 24.3 Å². The van der Waals surface area contributed by atoms with Crippen LogP contribution in [0, 0.1) is 5.82 Å². The topological polar surface area (TPSA) is 76.2 Å². The summed E-state index contributed by atoms with van der Waals surface area (Å²) in [6.07, 6.45) is 5.09. The standard InChI is InChI=1S/C21H29FN2O5S/c1-28-14-21(25)24-16-4-5-17(24)13-19(12-16)29-18-8-10-23(11-9-18)30(26,27)20-6-2-15(22)3-7-20/h2-3,6-7,16-19H,4-5,8-14H2,1H3. The molecule has 2 unspecified atom stereocenters. The number of amides is 1. The maximum Gasteiger partial charge on any atom is 0.249 e. The number of hydrogen-bond donors (Lipinski definition) is 0. The van der Waals surface area contributed by atoms with Gasteiger partial charge in [-0.2, -0.15) is 4.31 Å². The van der Waals surface area contributed by atoms with E-state index in [0.29, 0.717) is 25.9 Å². The molecule has 2 atom stereocenters. The third-order valence-corrected chi connectivity index (χ3v) is 8.40. The van der Waals surface area contributed by atoms with Gasteiger partial charge in [-0.15, -0.1) is 0 Å². The summed E-state index contributed by atoms with van der Waals surface area (Å²) in [5.74, 6) is -0.396. The summed E-state index contributed by atoms with van der Waals surface area (Å²) in [5.41, 5.74) is 0. The molecule has 30 heavy (non-hydrogen) atoms. The summed E-state index contributed by atoms with van der Waals surface area (Å²) in [7, 11) is -2.07. The summed E-state index contributed by atoms with van der Waals surface area (Å²) in [4.78, 5) is 14.4. The van der Waals surface area contributed by atoms with Gasteiger partial charge in [-0.25, -0.2) is 12.8 Å². The fraction of sp³-hybridized carbons (Fsp3) is 0.667. The third-order valence-electron chi connectivity index (χ3n) is 6.48. The molecule has 3 saturated heterocycles. The van der Waals surface area contributed by atoms with E-state index in [4.69, 9.17) is 9.47 Å². The van der Waals surface area contributed by atoms with E-state index in [1.54, 1.807) is 0 Å². The number of piperidine rings is 2. The Morgan fingerprint density at radius 2 is 1.63 bits per heavy atom. The van der Waals surface area contributed by atoms with Crippen LogP contribution in [0.1, 0.15) is 38.5 Å². The Hall–Kier alpha value is -1.55. The van der Waals surface area contributed by atoms with Crippen LogP contribution in [0.5, 0.6) is 0 Å². The first-order valence-electron chi connectivity index (χ1n) is 10.6. The van der Waals surface area contributed by atoms with Crippen LogP contribution in [-0.4, -0.2) is 74.6 Å².